The summed E-state index contributed by atoms with van der Waals surface area (Å²) in [6, 6.07) is 0. The monoisotopic (exact) mass is 168 g/mol. The lowest BCUT2D eigenvalue weighted by Crippen LogP contribution is -2.05. The molecule has 0 atom stereocenters. The second-order valence-corrected chi connectivity index (χ2v) is 3.40. The van der Waals surface area contributed by atoms with E-state index < -0.39 is 10.1 Å². The lowest BCUT2D eigenvalue weighted by molar-refractivity contribution is 0.327. The average molecular weight is 168 g/mol. The predicted octanol–water partition coefficient (Wildman–Crippen LogP) is 0.700. The third kappa shape index (κ3) is 4.50. The number of thiocarbonyl (C=S) groups is 1. The molecule has 0 unspecified atom stereocenters. The Hall–Kier alpha value is -0.0000000000000000278. The Bertz CT molecular complexity index is 170. The van der Waals surface area contributed by atoms with E-state index in [1.54, 1.807) is 0 Å². The van der Waals surface area contributed by atoms with Gasteiger partial charge in [-0.15, -0.1) is 0 Å². The van der Waals surface area contributed by atoms with Crippen molar-refractivity contribution in [2.24, 2.45) is 0 Å². The molecule has 0 aliphatic heterocycles. The molecule has 5 heteroatoms. The molecular formula is C4H8O3S2. The molecule has 0 fully saturated rings. The van der Waals surface area contributed by atoms with Crippen molar-refractivity contribution >= 4 is 27.0 Å². The fraction of sp³-hybridized carbons (Fsp3) is 0.750. The lowest BCUT2D eigenvalue weighted by atomic mass is 10.5. The maximum absolute atomic E-state index is 10.4. The molecule has 0 aliphatic rings. The van der Waals surface area contributed by atoms with Gasteiger partial charge in [0.05, 0.1) is 6.61 Å². The van der Waals surface area contributed by atoms with Gasteiger partial charge in [-0.1, -0.05) is 19.1 Å². The highest BCUT2D eigenvalue weighted by Crippen LogP contribution is 1.89. The molecule has 0 saturated heterocycles. The molecule has 3 nitrogen and oxygen atoms in total. The van der Waals surface area contributed by atoms with Crippen molar-refractivity contribution in [2.45, 2.75) is 13.3 Å². The smallest absolute Gasteiger partial charge is 0.266 e. The van der Waals surface area contributed by atoms with Crippen molar-refractivity contribution in [2.75, 3.05) is 6.61 Å². The summed E-state index contributed by atoms with van der Waals surface area (Å²) in [5.41, 5.74) is 0. The van der Waals surface area contributed by atoms with Gasteiger partial charge in [-0.2, -0.15) is 8.42 Å². The van der Waals surface area contributed by atoms with Crippen molar-refractivity contribution in [1.29, 1.82) is 0 Å². The first kappa shape index (κ1) is 9.00. The van der Waals surface area contributed by atoms with Crippen LogP contribution in [0.5, 0.6) is 0 Å². The molecule has 0 saturated carbocycles. The van der Waals surface area contributed by atoms with Gasteiger partial charge in [0.25, 0.3) is 10.1 Å². The highest BCUT2D eigenvalue weighted by molar-refractivity contribution is 8.11. The zero-order valence-corrected chi connectivity index (χ0v) is 6.67. The number of hydrogen-bond donors (Lipinski definition) is 0. The van der Waals surface area contributed by atoms with Gasteiger partial charge < -0.3 is 0 Å². The van der Waals surface area contributed by atoms with E-state index in [2.05, 4.69) is 16.4 Å². The number of rotatable bonds is 4. The Morgan fingerprint density at radius 2 is 2.22 bits per heavy atom. The second-order valence-electron chi connectivity index (χ2n) is 1.41. The lowest BCUT2D eigenvalue weighted by Gasteiger charge is -1.94. The molecular weight excluding hydrogens is 160 g/mol. The summed E-state index contributed by atoms with van der Waals surface area (Å²) in [6.07, 6.45) is 0.669. The highest BCUT2D eigenvalue weighted by atomic mass is 32.2. The summed E-state index contributed by atoms with van der Waals surface area (Å²) >= 11 is 4.16. The van der Waals surface area contributed by atoms with E-state index >= 15 is 0 Å². The second kappa shape index (κ2) is 3.92. The largest absolute Gasteiger partial charge is 0.300 e. The van der Waals surface area contributed by atoms with E-state index in [1.165, 1.54) is 0 Å². The van der Waals surface area contributed by atoms with Crippen molar-refractivity contribution in [3.8, 4) is 0 Å². The summed E-state index contributed by atoms with van der Waals surface area (Å²) in [5.74, 6) is 0. The summed E-state index contributed by atoms with van der Waals surface area (Å²) < 4.78 is 25.7. The summed E-state index contributed by atoms with van der Waals surface area (Å²) in [5, 5.41) is 0. The molecule has 0 spiro atoms. The summed E-state index contributed by atoms with van der Waals surface area (Å²) in [7, 11) is -3.49. The fourth-order valence-electron chi connectivity index (χ4n) is 0.227. The Kier molecular flexibility index (Phi) is 3.92. The predicted molar refractivity (Wildman–Crippen MR) is 38.8 cm³/mol. The van der Waals surface area contributed by atoms with Gasteiger partial charge in [-0.25, -0.2) is 0 Å². The van der Waals surface area contributed by atoms with Gasteiger partial charge in [0.15, 0.2) is 0 Å². The minimum absolute atomic E-state index is 0.204. The quantitative estimate of drug-likeness (QED) is 0.458. The van der Waals surface area contributed by atoms with Gasteiger partial charge in [-0.3, -0.25) is 4.18 Å². The minimum Gasteiger partial charge on any atom is -0.266 e. The Labute approximate surface area is 60.1 Å². The van der Waals surface area contributed by atoms with Crippen LogP contribution < -0.4 is 0 Å². The third-order valence-electron chi connectivity index (χ3n) is 0.570. The molecule has 0 bridgehead atoms. The van der Waals surface area contributed by atoms with Crippen LogP contribution in [0, 0.1) is 0 Å². The molecule has 0 heterocycles. The van der Waals surface area contributed by atoms with Crippen LogP contribution in [0.1, 0.15) is 13.3 Å². The summed E-state index contributed by atoms with van der Waals surface area (Å²) in [4.78, 5) is 0. The molecule has 0 rings (SSSR count). The Morgan fingerprint density at radius 1 is 1.67 bits per heavy atom. The van der Waals surface area contributed by atoms with Crippen LogP contribution in [0.25, 0.3) is 0 Å². The first-order chi connectivity index (χ1) is 4.12. The van der Waals surface area contributed by atoms with Crippen LogP contribution in [0.4, 0.5) is 0 Å². The van der Waals surface area contributed by atoms with Crippen molar-refractivity contribution in [1.82, 2.24) is 0 Å². The maximum atomic E-state index is 10.4. The molecule has 0 N–H and O–H groups in total. The molecule has 0 aromatic rings. The van der Waals surface area contributed by atoms with E-state index in [0.717, 1.165) is 0 Å². The molecule has 0 radical (unpaired) electrons. The first-order valence-electron chi connectivity index (χ1n) is 2.47. The van der Waals surface area contributed by atoms with Crippen LogP contribution in [0.15, 0.2) is 0 Å². The summed E-state index contributed by atoms with van der Waals surface area (Å²) in [6.45, 7) is 2.02. The first-order valence-corrected chi connectivity index (χ1v) is 4.41. The molecule has 0 amide bonds. The zero-order valence-electron chi connectivity index (χ0n) is 5.03. The van der Waals surface area contributed by atoms with E-state index in [4.69, 9.17) is 0 Å². The molecule has 54 valence electrons. The van der Waals surface area contributed by atoms with E-state index in [0.29, 0.717) is 11.1 Å². The molecule has 0 aromatic heterocycles. The van der Waals surface area contributed by atoms with Gasteiger partial charge in [-0.05, 0) is 6.42 Å². The SMILES string of the molecule is CCCOS(=O)(=O)C=S. The molecule has 9 heavy (non-hydrogen) atoms. The van der Waals surface area contributed by atoms with E-state index in [-0.39, 0.29) is 6.61 Å². The Balaban J connectivity index is 3.75. The molecule has 0 aliphatic carbocycles. The van der Waals surface area contributed by atoms with Crippen LogP contribution in [0.2, 0.25) is 0 Å². The van der Waals surface area contributed by atoms with Gasteiger partial charge >= 0.3 is 0 Å². The Morgan fingerprint density at radius 3 is 2.56 bits per heavy atom. The van der Waals surface area contributed by atoms with Crippen LogP contribution in [-0.4, -0.2) is 19.7 Å². The van der Waals surface area contributed by atoms with Crippen molar-refractivity contribution in [3.63, 3.8) is 0 Å². The van der Waals surface area contributed by atoms with E-state index in [1.807, 2.05) is 6.92 Å². The van der Waals surface area contributed by atoms with Crippen molar-refractivity contribution < 1.29 is 12.6 Å². The fourth-order valence-corrected chi connectivity index (χ4v) is 0.848. The van der Waals surface area contributed by atoms with Gasteiger partial charge in [0.1, 0.15) is 4.70 Å². The molecule has 0 aromatic carbocycles. The topological polar surface area (TPSA) is 43.4 Å². The van der Waals surface area contributed by atoms with Crippen LogP contribution in [-0.2, 0) is 14.3 Å². The number of hydrogen-bond acceptors (Lipinski definition) is 4. The minimum atomic E-state index is -3.49. The average Bonchev–Trinajstić information content (AvgIpc) is 1.84. The highest BCUT2D eigenvalue weighted by Gasteiger charge is 2.02. The normalized spacial score (nSPS) is 11.2. The van der Waals surface area contributed by atoms with Crippen molar-refractivity contribution in [3.05, 3.63) is 0 Å². The standard InChI is InChI=1S/C4H8O3S2/c1-2-3-7-9(5,6)4-8/h4H,2-3H2,1H3. The van der Waals surface area contributed by atoms with E-state index in [9.17, 15) is 8.42 Å². The third-order valence-corrected chi connectivity index (χ3v) is 2.01. The van der Waals surface area contributed by atoms with Gasteiger partial charge in [0, 0.05) is 0 Å². The maximum Gasteiger partial charge on any atom is 0.300 e. The van der Waals surface area contributed by atoms with Crippen LogP contribution >= 0.6 is 12.2 Å². The van der Waals surface area contributed by atoms with Gasteiger partial charge in [0.2, 0.25) is 0 Å². The van der Waals surface area contributed by atoms with Crippen LogP contribution in [0.3, 0.4) is 0 Å². The zero-order chi connectivity index (χ0) is 7.33.